The average Bonchev–Trinajstić information content (AvgIpc) is 2.80. The topological polar surface area (TPSA) is 101 Å². The summed E-state index contributed by atoms with van der Waals surface area (Å²) in [6.45, 7) is 3.35. The van der Waals surface area contributed by atoms with Crippen LogP contribution in [0.25, 0.3) is 0 Å². The molecule has 1 aliphatic rings. The Morgan fingerprint density at radius 3 is 3.05 bits per heavy atom. The lowest BCUT2D eigenvalue weighted by atomic mass is 10.2. The first-order valence-corrected chi connectivity index (χ1v) is 6.26. The minimum atomic E-state index is -0.409. The van der Waals surface area contributed by atoms with Gasteiger partial charge in [-0.05, 0) is 14.1 Å². The summed E-state index contributed by atoms with van der Waals surface area (Å²) >= 11 is 0. The summed E-state index contributed by atoms with van der Waals surface area (Å²) < 4.78 is 5.16. The second-order valence-electron chi connectivity index (χ2n) is 4.87. The maximum absolute atomic E-state index is 10.6. The van der Waals surface area contributed by atoms with Crippen molar-refractivity contribution in [3.8, 4) is 0 Å². The molecule has 0 bridgehead atoms. The fourth-order valence-corrected chi connectivity index (χ4v) is 2.06. The minimum Gasteiger partial charge on any atom is -0.369 e. The Morgan fingerprint density at radius 2 is 2.32 bits per heavy atom. The maximum atomic E-state index is 10.6. The summed E-state index contributed by atoms with van der Waals surface area (Å²) in [5, 5.41) is 6.85. The van der Waals surface area contributed by atoms with Gasteiger partial charge in [-0.2, -0.15) is 4.98 Å². The lowest BCUT2D eigenvalue weighted by molar-refractivity contribution is -0.117. The SMILES string of the molecule is CN1CCN(C)C(c2noc(CNCC(N)=O)n2)C1. The molecule has 0 spiro atoms. The van der Waals surface area contributed by atoms with Gasteiger partial charge in [0.15, 0.2) is 5.82 Å². The fourth-order valence-electron chi connectivity index (χ4n) is 2.06. The van der Waals surface area contributed by atoms with Crippen molar-refractivity contribution in [3.05, 3.63) is 11.7 Å². The third kappa shape index (κ3) is 3.72. The molecule has 1 atom stereocenters. The van der Waals surface area contributed by atoms with E-state index in [0.29, 0.717) is 18.3 Å². The molecule has 0 aromatic carbocycles. The third-order valence-corrected chi connectivity index (χ3v) is 3.21. The second-order valence-corrected chi connectivity index (χ2v) is 4.87. The van der Waals surface area contributed by atoms with E-state index >= 15 is 0 Å². The van der Waals surface area contributed by atoms with Gasteiger partial charge in [0.05, 0.1) is 19.1 Å². The van der Waals surface area contributed by atoms with Crippen LogP contribution in [-0.2, 0) is 11.3 Å². The first-order chi connectivity index (χ1) is 9.06. The molecule has 0 saturated carbocycles. The molecule has 1 fully saturated rings. The van der Waals surface area contributed by atoms with Crippen molar-refractivity contribution in [1.82, 2.24) is 25.3 Å². The highest BCUT2D eigenvalue weighted by atomic mass is 16.5. The lowest BCUT2D eigenvalue weighted by Gasteiger charge is -2.35. The summed E-state index contributed by atoms with van der Waals surface area (Å²) in [5.74, 6) is 0.746. The van der Waals surface area contributed by atoms with Gasteiger partial charge in [0.1, 0.15) is 0 Å². The van der Waals surface area contributed by atoms with E-state index in [0.717, 1.165) is 19.6 Å². The van der Waals surface area contributed by atoms with E-state index in [1.165, 1.54) is 0 Å². The highest BCUT2D eigenvalue weighted by Crippen LogP contribution is 2.20. The highest BCUT2D eigenvalue weighted by molar-refractivity contribution is 5.75. The average molecular weight is 268 g/mol. The van der Waals surface area contributed by atoms with Crippen LogP contribution in [0.1, 0.15) is 17.8 Å². The molecular weight excluding hydrogens is 248 g/mol. The van der Waals surface area contributed by atoms with Crippen LogP contribution >= 0.6 is 0 Å². The third-order valence-electron chi connectivity index (χ3n) is 3.21. The van der Waals surface area contributed by atoms with Crippen LogP contribution in [0.5, 0.6) is 0 Å². The van der Waals surface area contributed by atoms with Crippen molar-refractivity contribution < 1.29 is 9.32 Å². The molecule has 19 heavy (non-hydrogen) atoms. The number of amides is 1. The van der Waals surface area contributed by atoms with Gasteiger partial charge in [0.25, 0.3) is 0 Å². The van der Waals surface area contributed by atoms with Crippen molar-refractivity contribution >= 4 is 5.91 Å². The molecule has 3 N–H and O–H groups in total. The predicted octanol–water partition coefficient (Wildman–Crippen LogP) is -1.44. The van der Waals surface area contributed by atoms with E-state index in [1.54, 1.807) is 0 Å². The molecule has 1 unspecified atom stereocenters. The summed E-state index contributed by atoms with van der Waals surface area (Å²) in [4.78, 5) is 19.4. The van der Waals surface area contributed by atoms with Gasteiger partial charge in [0, 0.05) is 19.6 Å². The summed E-state index contributed by atoms with van der Waals surface area (Å²) in [6, 6.07) is 0.146. The summed E-state index contributed by atoms with van der Waals surface area (Å²) in [6.07, 6.45) is 0. The molecule has 0 aliphatic carbocycles. The first-order valence-electron chi connectivity index (χ1n) is 6.26. The Bertz CT molecular complexity index is 435. The number of hydrogen-bond donors (Lipinski definition) is 2. The van der Waals surface area contributed by atoms with Crippen LogP contribution in [0.15, 0.2) is 4.52 Å². The van der Waals surface area contributed by atoms with Crippen molar-refractivity contribution in [3.63, 3.8) is 0 Å². The van der Waals surface area contributed by atoms with Gasteiger partial charge < -0.3 is 15.2 Å². The number of hydrogen-bond acceptors (Lipinski definition) is 7. The van der Waals surface area contributed by atoms with Gasteiger partial charge in [-0.15, -0.1) is 0 Å². The maximum Gasteiger partial charge on any atom is 0.240 e. The molecule has 106 valence electrons. The number of rotatable bonds is 5. The molecular formula is C11H20N6O2. The van der Waals surface area contributed by atoms with Crippen molar-refractivity contribution in [2.24, 2.45) is 5.73 Å². The van der Waals surface area contributed by atoms with Gasteiger partial charge in [-0.1, -0.05) is 5.16 Å². The molecule has 1 aromatic rings. The van der Waals surface area contributed by atoms with Gasteiger partial charge in [-0.25, -0.2) is 0 Å². The van der Waals surface area contributed by atoms with E-state index in [-0.39, 0.29) is 12.6 Å². The Kier molecular flexibility index (Phi) is 4.46. The minimum absolute atomic E-state index is 0.101. The van der Waals surface area contributed by atoms with E-state index in [9.17, 15) is 4.79 Å². The van der Waals surface area contributed by atoms with Crippen molar-refractivity contribution in [1.29, 1.82) is 0 Å². The summed E-state index contributed by atoms with van der Waals surface area (Å²) in [5.41, 5.74) is 5.03. The Hall–Kier alpha value is -1.51. The molecule has 1 saturated heterocycles. The molecule has 1 amide bonds. The predicted molar refractivity (Wildman–Crippen MR) is 68.1 cm³/mol. The number of nitrogens with one attached hydrogen (secondary N) is 1. The van der Waals surface area contributed by atoms with Crippen LogP contribution in [0.4, 0.5) is 0 Å². The number of nitrogens with two attached hydrogens (primary N) is 1. The molecule has 0 radical (unpaired) electrons. The van der Waals surface area contributed by atoms with Crippen LogP contribution in [0.3, 0.4) is 0 Å². The molecule has 2 rings (SSSR count). The Balaban J connectivity index is 1.94. The number of carbonyl (C=O) groups excluding carboxylic acids is 1. The quantitative estimate of drug-likeness (QED) is 0.674. The van der Waals surface area contributed by atoms with E-state index in [1.807, 2.05) is 0 Å². The first kappa shape index (κ1) is 13.9. The Labute approximate surface area is 111 Å². The molecule has 8 heteroatoms. The van der Waals surface area contributed by atoms with Crippen LogP contribution in [0.2, 0.25) is 0 Å². The van der Waals surface area contributed by atoms with E-state index in [2.05, 4.69) is 39.4 Å². The smallest absolute Gasteiger partial charge is 0.240 e. The van der Waals surface area contributed by atoms with Crippen LogP contribution in [0, 0.1) is 0 Å². The molecule has 8 nitrogen and oxygen atoms in total. The molecule has 2 heterocycles. The standard InChI is InChI=1S/C11H20N6O2/c1-16-3-4-17(2)8(7-16)11-14-10(19-15-11)6-13-5-9(12)18/h8,13H,3-7H2,1-2H3,(H2,12,18). The molecule has 1 aromatic heterocycles. The van der Waals surface area contributed by atoms with Crippen molar-refractivity contribution in [2.75, 3.05) is 40.3 Å². The second kappa shape index (κ2) is 6.09. The van der Waals surface area contributed by atoms with E-state index in [4.69, 9.17) is 10.3 Å². The fraction of sp³-hybridized carbons (Fsp3) is 0.727. The molecule has 1 aliphatic heterocycles. The van der Waals surface area contributed by atoms with Crippen LogP contribution < -0.4 is 11.1 Å². The zero-order valence-electron chi connectivity index (χ0n) is 11.3. The zero-order chi connectivity index (χ0) is 13.8. The highest BCUT2D eigenvalue weighted by Gasteiger charge is 2.27. The number of primary amides is 1. The lowest BCUT2D eigenvalue weighted by Crippen LogP contribution is -2.45. The number of piperazine rings is 1. The van der Waals surface area contributed by atoms with Gasteiger partial charge >= 0.3 is 0 Å². The van der Waals surface area contributed by atoms with Crippen molar-refractivity contribution in [2.45, 2.75) is 12.6 Å². The van der Waals surface area contributed by atoms with E-state index < -0.39 is 5.91 Å². The number of aromatic nitrogens is 2. The zero-order valence-corrected chi connectivity index (χ0v) is 11.3. The largest absolute Gasteiger partial charge is 0.369 e. The Morgan fingerprint density at radius 1 is 1.53 bits per heavy atom. The number of nitrogens with zero attached hydrogens (tertiary/aromatic N) is 4. The normalized spacial score (nSPS) is 21.7. The summed E-state index contributed by atoms with van der Waals surface area (Å²) in [7, 11) is 4.13. The van der Waals surface area contributed by atoms with Crippen LogP contribution in [-0.4, -0.2) is 66.1 Å². The van der Waals surface area contributed by atoms with Gasteiger partial charge in [0.2, 0.25) is 11.8 Å². The number of likely N-dealkylation sites (N-methyl/N-ethyl adjacent to an activating group) is 2. The van der Waals surface area contributed by atoms with Gasteiger partial charge in [-0.3, -0.25) is 15.0 Å². The number of carbonyl (C=O) groups is 1. The monoisotopic (exact) mass is 268 g/mol.